The first-order valence-electron chi connectivity index (χ1n) is 6.43. The van der Waals surface area contributed by atoms with Gasteiger partial charge in [0.1, 0.15) is 12.1 Å². The number of hydrogen-bond acceptors (Lipinski definition) is 5. The lowest BCUT2D eigenvalue weighted by Gasteiger charge is -2.24. The number of nitrogens with two attached hydrogens (primary N) is 2. The molecule has 120 valence electrons. The van der Waals surface area contributed by atoms with E-state index in [2.05, 4.69) is 10.6 Å². The van der Waals surface area contributed by atoms with Crippen LogP contribution >= 0.6 is 0 Å². The summed E-state index contributed by atoms with van der Waals surface area (Å²) >= 11 is 0. The highest BCUT2D eigenvalue weighted by molar-refractivity contribution is 5.93. The molecule has 0 heterocycles. The van der Waals surface area contributed by atoms with Gasteiger partial charge in [-0.1, -0.05) is 13.8 Å². The Balaban J connectivity index is 4.92. The second-order valence-corrected chi connectivity index (χ2v) is 5.09. The van der Waals surface area contributed by atoms with Crippen molar-refractivity contribution in [2.24, 2.45) is 17.4 Å². The van der Waals surface area contributed by atoms with Crippen molar-refractivity contribution in [3.63, 3.8) is 0 Å². The van der Waals surface area contributed by atoms with Crippen LogP contribution in [0.25, 0.3) is 0 Å². The molecule has 0 radical (unpaired) electrons. The zero-order valence-corrected chi connectivity index (χ0v) is 12.3. The van der Waals surface area contributed by atoms with Gasteiger partial charge in [-0.05, 0) is 12.8 Å². The minimum absolute atomic E-state index is 0.296. The molecule has 0 rings (SSSR count). The fourth-order valence-corrected chi connectivity index (χ4v) is 1.48. The Hall–Kier alpha value is -2.16. The lowest BCUT2D eigenvalue weighted by atomic mass is 10.0. The summed E-state index contributed by atoms with van der Waals surface area (Å²) in [4.78, 5) is 45.4. The lowest BCUT2D eigenvalue weighted by molar-refractivity contribution is -0.144. The molecule has 0 aromatic heterocycles. The molecule has 0 aromatic rings. The van der Waals surface area contributed by atoms with Crippen LogP contribution in [0.3, 0.4) is 0 Å². The van der Waals surface area contributed by atoms with Crippen molar-refractivity contribution >= 4 is 23.7 Å². The van der Waals surface area contributed by atoms with Gasteiger partial charge >= 0.3 is 5.97 Å². The number of nitrogens with one attached hydrogen (secondary N) is 2. The predicted molar refractivity (Wildman–Crippen MR) is 73.8 cm³/mol. The van der Waals surface area contributed by atoms with Gasteiger partial charge in [0.05, 0.1) is 12.5 Å². The van der Waals surface area contributed by atoms with E-state index in [9.17, 15) is 19.2 Å². The van der Waals surface area contributed by atoms with Crippen LogP contribution in [0.5, 0.6) is 0 Å². The number of carboxylic acid groups (broad SMARTS) is 1. The fourth-order valence-electron chi connectivity index (χ4n) is 1.48. The molecule has 0 aromatic carbocycles. The Morgan fingerprint density at radius 3 is 1.90 bits per heavy atom. The Morgan fingerprint density at radius 1 is 1.05 bits per heavy atom. The second kappa shape index (κ2) is 8.20. The van der Waals surface area contributed by atoms with Crippen molar-refractivity contribution in [1.82, 2.24) is 10.6 Å². The molecule has 0 aliphatic rings. The number of primary amides is 1. The highest BCUT2D eigenvalue weighted by Crippen LogP contribution is 2.04. The largest absolute Gasteiger partial charge is 0.480 e. The standard InChI is InChI=1S/C12H22N4O5/c1-5(2)9(16-10(18)6(3)13)11(19)15-7(12(20)21)4-8(14)17/h5-7,9H,4,13H2,1-3H3,(H2,14,17)(H,15,19)(H,16,18)(H,20,21)/t6-,7-,9+/m0/s1. The van der Waals surface area contributed by atoms with Crippen LogP contribution in [0, 0.1) is 5.92 Å². The number of carbonyl (C=O) groups is 4. The maximum atomic E-state index is 12.1. The quantitative estimate of drug-likeness (QED) is 0.345. The van der Waals surface area contributed by atoms with Gasteiger partial charge in [0, 0.05) is 0 Å². The van der Waals surface area contributed by atoms with Crippen molar-refractivity contribution in [3.05, 3.63) is 0 Å². The van der Waals surface area contributed by atoms with E-state index in [1.807, 2.05) is 0 Å². The first-order valence-corrected chi connectivity index (χ1v) is 6.43. The van der Waals surface area contributed by atoms with E-state index in [1.54, 1.807) is 13.8 Å². The molecular formula is C12H22N4O5. The summed E-state index contributed by atoms with van der Waals surface area (Å²) < 4.78 is 0. The van der Waals surface area contributed by atoms with E-state index < -0.39 is 48.2 Å². The first-order chi connectivity index (χ1) is 9.56. The third-order valence-electron chi connectivity index (χ3n) is 2.68. The Labute approximate surface area is 122 Å². The minimum atomic E-state index is -1.44. The molecule has 0 aliphatic heterocycles. The molecule has 0 fully saturated rings. The Kier molecular flexibility index (Phi) is 7.36. The fraction of sp³-hybridized carbons (Fsp3) is 0.667. The third kappa shape index (κ3) is 6.70. The number of rotatable bonds is 8. The average molecular weight is 302 g/mol. The summed E-state index contributed by atoms with van der Waals surface area (Å²) in [6, 6.07) is -3.21. The number of carboxylic acids is 1. The molecule has 0 saturated carbocycles. The van der Waals surface area contributed by atoms with Gasteiger partial charge in [0.2, 0.25) is 17.7 Å². The monoisotopic (exact) mass is 302 g/mol. The molecule has 0 bridgehead atoms. The van der Waals surface area contributed by atoms with Crippen molar-refractivity contribution in [3.8, 4) is 0 Å². The van der Waals surface area contributed by atoms with Crippen LogP contribution in [-0.4, -0.2) is 46.9 Å². The van der Waals surface area contributed by atoms with Crippen molar-refractivity contribution in [2.45, 2.75) is 45.3 Å². The molecular weight excluding hydrogens is 280 g/mol. The topological polar surface area (TPSA) is 165 Å². The summed E-state index contributed by atoms with van der Waals surface area (Å²) in [7, 11) is 0. The SMILES string of the molecule is CC(C)[C@@H](NC(=O)[C@H](C)N)C(=O)N[C@@H](CC(N)=O)C(=O)O. The summed E-state index contributed by atoms with van der Waals surface area (Å²) in [5.41, 5.74) is 10.3. The lowest BCUT2D eigenvalue weighted by Crippen LogP contribution is -2.56. The molecule has 0 unspecified atom stereocenters. The van der Waals surface area contributed by atoms with Gasteiger partial charge < -0.3 is 27.2 Å². The smallest absolute Gasteiger partial charge is 0.326 e. The van der Waals surface area contributed by atoms with Crippen LogP contribution in [0.4, 0.5) is 0 Å². The normalized spacial score (nSPS) is 14.9. The Morgan fingerprint density at radius 2 is 1.57 bits per heavy atom. The van der Waals surface area contributed by atoms with Crippen LogP contribution in [0.1, 0.15) is 27.2 Å². The van der Waals surface area contributed by atoms with E-state index in [-0.39, 0.29) is 5.92 Å². The van der Waals surface area contributed by atoms with E-state index in [0.29, 0.717) is 0 Å². The number of amides is 3. The molecule has 3 amide bonds. The third-order valence-corrected chi connectivity index (χ3v) is 2.68. The minimum Gasteiger partial charge on any atom is -0.480 e. The predicted octanol–water partition coefficient (Wildman–Crippen LogP) is -2.08. The van der Waals surface area contributed by atoms with Crippen LogP contribution in [0.15, 0.2) is 0 Å². The molecule has 0 spiro atoms. The van der Waals surface area contributed by atoms with E-state index in [1.165, 1.54) is 6.92 Å². The molecule has 0 saturated heterocycles. The molecule has 9 heteroatoms. The summed E-state index contributed by atoms with van der Waals surface area (Å²) in [5.74, 6) is -3.79. The van der Waals surface area contributed by atoms with Crippen molar-refractivity contribution in [1.29, 1.82) is 0 Å². The molecule has 3 atom stereocenters. The number of aliphatic carboxylic acids is 1. The summed E-state index contributed by atoms with van der Waals surface area (Å²) in [6.07, 6.45) is -0.535. The van der Waals surface area contributed by atoms with Crippen LogP contribution in [0.2, 0.25) is 0 Å². The van der Waals surface area contributed by atoms with Gasteiger partial charge in [-0.2, -0.15) is 0 Å². The number of carbonyl (C=O) groups excluding carboxylic acids is 3. The Bertz CT molecular complexity index is 422. The summed E-state index contributed by atoms with van der Waals surface area (Å²) in [5, 5.41) is 13.5. The van der Waals surface area contributed by atoms with Crippen molar-refractivity contribution < 1.29 is 24.3 Å². The highest BCUT2D eigenvalue weighted by Gasteiger charge is 2.29. The van der Waals surface area contributed by atoms with Crippen LogP contribution in [-0.2, 0) is 19.2 Å². The van der Waals surface area contributed by atoms with E-state index >= 15 is 0 Å². The van der Waals surface area contributed by atoms with Gasteiger partial charge in [0.25, 0.3) is 0 Å². The van der Waals surface area contributed by atoms with Crippen molar-refractivity contribution in [2.75, 3.05) is 0 Å². The zero-order chi connectivity index (χ0) is 16.7. The van der Waals surface area contributed by atoms with Gasteiger partial charge in [-0.15, -0.1) is 0 Å². The van der Waals surface area contributed by atoms with Gasteiger partial charge in [-0.3, -0.25) is 14.4 Å². The van der Waals surface area contributed by atoms with Crippen LogP contribution < -0.4 is 22.1 Å². The van der Waals surface area contributed by atoms with E-state index in [0.717, 1.165) is 0 Å². The van der Waals surface area contributed by atoms with E-state index in [4.69, 9.17) is 16.6 Å². The second-order valence-electron chi connectivity index (χ2n) is 5.09. The average Bonchev–Trinajstić information content (AvgIpc) is 2.33. The van der Waals surface area contributed by atoms with Gasteiger partial charge in [0.15, 0.2) is 0 Å². The molecule has 0 aliphatic carbocycles. The first kappa shape index (κ1) is 18.8. The van der Waals surface area contributed by atoms with Gasteiger partial charge in [-0.25, -0.2) is 4.79 Å². The number of hydrogen-bond donors (Lipinski definition) is 5. The zero-order valence-electron chi connectivity index (χ0n) is 12.3. The molecule has 9 nitrogen and oxygen atoms in total. The maximum absolute atomic E-state index is 12.1. The highest BCUT2D eigenvalue weighted by atomic mass is 16.4. The molecule has 7 N–H and O–H groups in total. The molecule has 21 heavy (non-hydrogen) atoms. The maximum Gasteiger partial charge on any atom is 0.326 e. The summed E-state index contributed by atoms with van der Waals surface area (Å²) in [6.45, 7) is 4.81.